The first-order valence-corrected chi connectivity index (χ1v) is 4.81. The minimum Gasteiger partial charge on any atom is -0.393 e. The van der Waals surface area contributed by atoms with Crippen molar-refractivity contribution in [3.63, 3.8) is 0 Å². The van der Waals surface area contributed by atoms with Gasteiger partial charge in [-0.1, -0.05) is 13.3 Å². The predicted molar refractivity (Wildman–Crippen MR) is 48.8 cm³/mol. The van der Waals surface area contributed by atoms with Crippen molar-refractivity contribution in [1.82, 2.24) is 0 Å². The molecular formula is C10H20O2. The quantitative estimate of drug-likeness (QED) is 0.630. The molecule has 0 aliphatic heterocycles. The first-order chi connectivity index (χ1) is 5.41. The van der Waals surface area contributed by atoms with E-state index in [0.717, 1.165) is 19.3 Å². The highest BCUT2D eigenvalue weighted by Gasteiger charge is 2.36. The third-order valence-electron chi connectivity index (χ3n) is 2.99. The second-order valence-corrected chi connectivity index (χ2v) is 4.75. The van der Waals surface area contributed by atoms with Gasteiger partial charge in [0, 0.05) is 5.92 Å². The number of rotatable bonds is 1. The van der Waals surface area contributed by atoms with Crippen LogP contribution in [0, 0.1) is 11.8 Å². The molecule has 1 rings (SSSR count). The summed E-state index contributed by atoms with van der Waals surface area (Å²) in [6.45, 7) is 5.73. The van der Waals surface area contributed by atoms with Crippen LogP contribution >= 0.6 is 0 Å². The summed E-state index contributed by atoms with van der Waals surface area (Å²) in [4.78, 5) is 0. The minimum absolute atomic E-state index is 0.0636. The molecule has 0 amide bonds. The number of hydrogen-bond acceptors (Lipinski definition) is 2. The van der Waals surface area contributed by atoms with E-state index in [4.69, 9.17) is 0 Å². The SMILES string of the molecule is CC1CC[C@H](C(C)(C)O)[C@H](O)C1. The molecular weight excluding hydrogens is 152 g/mol. The second-order valence-electron chi connectivity index (χ2n) is 4.75. The first kappa shape index (κ1) is 10.0. The molecule has 2 heteroatoms. The molecule has 0 aromatic heterocycles. The number of hydrogen-bond donors (Lipinski definition) is 2. The van der Waals surface area contributed by atoms with Crippen molar-refractivity contribution in [3.8, 4) is 0 Å². The molecule has 3 atom stereocenters. The van der Waals surface area contributed by atoms with Crippen LogP contribution in [-0.4, -0.2) is 21.9 Å². The third-order valence-corrected chi connectivity index (χ3v) is 2.99. The van der Waals surface area contributed by atoms with E-state index in [0.29, 0.717) is 5.92 Å². The Morgan fingerprint density at radius 1 is 1.25 bits per heavy atom. The second kappa shape index (κ2) is 3.35. The van der Waals surface area contributed by atoms with Crippen LogP contribution in [-0.2, 0) is 0 Å². The van der Waals surface area contributed by atoms with Crippen LogP contribution < -0.4 is 0 Å². The molecule has 0 aromatic carbocycles. The molecule has 72 valence electrons. The van der Waals surface area contributed by atoms with Crippen molar-refractivity contribution >= 4 is 0 Å². The molecule has 0 heterocycles. The molecule has 0 spiro atoms. The van der Waals surface area contributed by atoms with Crippen LogP contribution in [0.1, 0.15) is 40.0 Å². The van der Waals surface area contributed by atoms with Crippen molar-refractivity contribution in [3.05, 3.63) is 0 Å². The van der Waals surface area contributed by atoms with Crippen molar-refractivity contribution in [2.45, 2.75) is 51.7 Å². The molecule has 2 N–H and O–H groups in total. The molecule has 1 fully saturated rings. The topological polar surface area (TPSA) is 40.5 Å². The van der Waals surface area contributed by atoms with Gasteiger partial charge in [0.15, 0.2) is 0 Å². The lowest BCUT2D eigenvalue weighted by molar-refractivity contribution is -0.0730. The fourth-order valence-corrected chi connectivity index (χ4v) is 2.17. The van der Waals surface area contributed by atoms with E-state index < -0.39 is 5.60 Å². The van der Waals surface area contributed by atoms with Gasteiger partial charge in [-0.05, 0) is 32.6 Å². The van der Waals surface area contributed by atoms with Crippen LogP contribution in [0.5, 0.6) is 0 Å². The standard InChI is InChI=1S/C10H20O2/c1-7-4-5-8(9(11)6-7)10(2,3)12/h7-9,11-12H,4-6H2,1-3H3/t7?,8-,9+/m0/s1. The van der Waals surface area contributed by atoms with E-state index in [9.17, 15) is 10.2 Å². The van der Waals surface area contributed by atoms with Gasteiger partial charge in [0.1, 0.15) is 0 Å². The lowest BCUT2D eigenvalue weighted by Crippen LogP contribution is -2.42. The normalized spacial score (nSPS) is 38.2. The van der Waals surface area contributed by atoms with E-state index in [1.807, 2.05) is 0 Å². The van der Waals surface area contributed by atoms with E-state index in [1.165, 1.54) is 0 Å². The Morgan fingerprint density at radius 3 is 2.25 bits per heavy atom. The average molecular weight is 172 g/mol. The zero-order valence-corrected chi connectivity index (χ0v) is 8.25. The Bertz CT molecular complexity index is 148. The number of aliphatic hydroxyl groups is 2. The fraction of sp³-hybridized carbons (Fsp3) is 1.00. The predicted octanol–water partition coefficient (Wildman–Crippen LogP) is 1.55. The maximum absolute atomic E-state index is 9.74. The van der Waals surface area contributed by atoms with E-state index in [2.05, 4.69) is 6.92 Å². The van der Waals surface area contributed by atoms with E-state index >= 15 is 0 Å². The third kappa shape index (κ3) is 2.20. The summed E-state index contributed by atoms with van der Waals surface area (Å²) in [5, 5.41) is 19.5. The maximum Gasteiger partial charge on any atom is 0.0644 e. The zero-order chi connectivity index (χ0) is 9.35. The Kier molecular flexibility index (Phi) is 2.79. The molecule has 0 aromatic rings. The minimum atomic E-state index is -0.723. The highest BCUT2D eigenvalue weighted by atomic mass is 16.3. The van der Waals surface area contributed by atoms with Gasteiger partial charge in [-0.15, -0.1) is 0 Å². The van der Waals surface area contributed by atoms with Crippen LogP contribution in [0.3, 0.4) is 0 Å². The van der Waals surface area contributed by atoms with Crippen LogP contribution in [0.25, 0.3) is 0 Å². The largest absolute Gasteiger partial charge is 0.393 e. The highest BCUT2D eigenvalue weighted by molar-refractivity contribution is 4.87. The summed E-state index contributed by atoms with van der Waals surface area (Å²) < 4.78 is 0. The molecule has 0 bridgehead atoms. The van der Waals surface area contributed by atoms with Gasteiger partial charge in [0.25, 0.3) is 0 Å². The molecule has 1 aliphatic rings. The van der Waals surface area contributed by atoms with Crippen LogP contribution in [0.15, 0.2) is 0 Å². The van der Waals surface area contributed by atoms with E-state index in [1.54, 1.807) is 13.8 Å². The van der Waals surface area contributed by atoms with Gasteiger partial charge >= 0.3 is 0 Å². The molecule has 1 saturated carbocycles. The molecule has 1 unspecified atom stereocenters. The summed E-state index contributed by atoms with van der Waals surface area (Å²) in [5.41, 5.74) is -0.723. The van der Waals surface area contributed by atoms with Crippen molar-refractivity contribution in [2.75, 3.05) is 0 Å². The lowest BCUT2D eigenvalue weighted by Gasteiger charge is -2.38. The van der Waals surface area contributed by atoms with Gasteiger partial charge in [-0.25, -0.2) is 0 Å². The number of aliphatic hydroxyl groups excluding tert-OH is 1. The maximum atomic E-state index is 9.74. The Hall–Kier alpha value is -0.0800. The monoisotopic (exact) mass is 172 g/mol. The van der Waals surface area contributed by atoms with Gasteiger partial charge in [0.2, 0.25) is 0 Å². The molecule has 2 nitrogen and oxygen atoms in total. The highest BCUT2D eigenvalue weighted by Crippen LogP contribution is 2.35. The molecule has 0 radical (unpaired) electrons. The molecule has 0 saturated heterocycles. The van der Waals surface area contributed by atoms with Crippen molar-refractivity contribution < 1.29 is 10.2 Å². The first-order valence-electron chi connectivity index (χ1n) is 4.81. The van der Waals surface area contributed by atoms with Crippen molar-refractivity contribution in [2.24, 2.45) is 11.8 Å². The summed E-state index contributed by atoms with van der Waals surface area (Å²) in [6, 6.07) is 0. The molecule has 1 aliphatic carbocycles. The van der Waals surface area contributed by atoms with Crippen molar-refractivity contribution in [1.29, 1.82) is 0 Å². The van der Waals surface area contributed by atoms with E-state index in [-0.39, 0.29) is 12.0 Å². The van der Waals surface area contributed by atoms with Crippen LogP contribution in [0.4, 0.5) is 0 Å². The summed E-state index contributed by atoms with van der Waals surface area (Å²) in [6.07, 6.45) is 2.61. The summed E-state index contributed by atoms with van der Waals surface area (Å²) in [7, 11) is 0. The summed E-state index contributed by atoms with van der Waals surface area (Å²) in [5.74, 6) is 0.673. The fourth-order valence-electron chi connectivity index (χ4n) is 2.17. The van der Waals surface area contributed by atoms with Gasteiger partial charge in [0.05, 0.1) is 11.7 Å². The lowest BCUT2D eigenvalue weighted by atomic mass is 9.73. The van der Waals surface area contributed by atoms with Crippen LogP contribution in [0.2, 0.25) is 0 Å². The van der Waals surface area contributed by atoms with Gasteiger partial charge in [-0.3, -0.25) is 0 Å². The molecule has 12 heavy (non-hydrogen) atoms. The van der Waals surface area contributed by atoms with Gasteiger partial charge < -0.3 is 10.2 Å². The summed E-state index contributed by atoms with van der Waals surface area (Å²) >= 11 is 0. The van der Waals surface area contributed by atoms with Gasteiger partial charge in [-0.2, -0.15) is 0 Å². The Labute approximate surface area is 74.6 Å². The Morgan fingerprint density at radius 2 is 1.83 bits per heavy atom. The smallest absolute Gasteiger partial charge is 0.0644 e. The Balaban J connectivity index is 2.57. The average Bonchev–Trinajstić information content (AvgIpc) is 1.83. The zero-order valence-electron chi connectivity index (χ0n) is 8.25.